The predicted molar refractivity (Wildman–Crippen MR) is 51.1 cm³/mol. The van der Waals surface area contributed by atoms with E-state index >= 15 is 0 Å². The molecule has 0 amide bonds. The van der Waals surface area contributed by atoms with Crippen molar-refractivity contribution in [3.8, 4) is 11.8 Å². The van der Waals surface area contributed by atoms with E-state index in [9.17, 15) is 13.2 Å². The van der Waals surface area contributed by atoms with Gasteiger partial charge in [0.05, 0.1) is 5.69 Å². The third-order valence-electron chi connectivity index (χ3n) is 2.05. The molecule has 0 bridgehead atoms. The minimum absolute atomic E-state index is 0.203. The summed E-state index contributed by atoms with van der Waals surface area (Å²) in [6.07, 6.45) is -4.68. The second-order valence-corrected chi connectivity index (χ2v) is 3.14. The van der Waals surface area contributed by atoms with E-state index in [-0.39, 0.29) is 5.69 Å². The molecule has 17 heavy (non-hydrogen) atoms. The summed E-state index contributed by atoms with van der Waals surface area (Å²) < 4.78 is 38.9. The maximum absolute atomic E-state index is 12.8. The summed E-state index contributed by atoms with van der Waals surface area (Å²) >= 11 is 0. The van der Waals surface area contributed by atoms with Crippen LogP contribution in [0.2, 0.25) is 0 Å². The maximum Gasteiger partial charge on any atom is 0.436 e. The largest absolute Gasteiger partial charge is 0.436 e. The predicted octanol–water partition coefficient (Wildman–Crippen LogP) is 2.16. The fraction of sp³-hybridized carbons (Fsp3) is 0.100. The summed E-state index contributed by atoms with van der Waals surface area (Å²) in [5, 5.41) is 15.1. The lowest BCUT2D eigenvalue weighted by Gasteiger charge is -2.08. The molecule has 86 valence electrons. The van der Waals surface area contributed by atoms with Crippen LogP contribution in [-0.2, 0) is 6.18 Å². The summed E-state index contributed by atoms with van der Waals surface area (Å²) in [7, 11) is 0. The third kappa shape index (κ3) is 1.97. The van der Waals surface area contributed by atoms with Gasteiger partial charge in [-0.15, -0.1) is 5.10 Å². The summed E-state index contributed by atoms with van der Waals surface area (Å²) in [6, 6.07) is 9.09. The highest BCUT2D eigenvalue weighted by molar-refractivity contribution is 5.37. The highest BCUT2D eigenvalue weighted by Crippen LogP contribution is 2.32. The molecule has 0 atom stereocenters. The molecule has 0 aliphatic heterocycles. The highest BCUT2D eigenvalue weighted by atomic mass is 19.4. The van der Waals surface area contributed by atoms with Crippen molar-refractivity contribution >= 4 is 0 Å². The molecular weight excluding hydrogens is 233 g/mol. The fourth-order valence-electron chi connectivity index (χ4n) is 1.36. The van der Waals surface area contributed by atoms with Crippen LogP contribution in [0.15, 0.2) is 30.3 Å². The zero-order valence-electron chi connectivity index (χ0n) is 8.31. The number of nitriles is 1. The van der Waals surface area contributed by atoms with Gasteiger partial charge in [0.15, 0.2) is 11.4 Å². The molecule has 1 aromatic carbocycles. The van der Waals surface area contributed by atoms with Crippen molar-refractivity contribution in [2.45, 2.75) is 6.18 Å². The number of benzene rings is 1. The molecule has 2 aromatic rings. The van der Waals surface area contributed by atoms with Gasteiger partial charge in [-0.3, -0.25) is 0 Å². The Morgan fingerprint density at radius 1 is 1.18 bits per heavy atom. The number of hydrogen-bond acceptors (Lipinski definition) is 3. The molecule has 0 N–H and O–H groups in total. The minimum atomic E-state index is -4.68. The molecular formula is C10H5F3N4. The first-order chi connectivity index (χ1) is 8.04. The van der Waals surface area contributed by atoms with Gasteiger partial charge in [0.2, 0.25) is 0 Å². The Morgan fingerprint density at radius 3 is 2.35 bits per heavy atom. The van der Waals surface area contributed by atoms with Gasteiger partial charge in [-0.1, -0.05) is 23.4 Å². The van der Waals surface area contributed by atoms with Crippen LogP contribution in [0.3, 0.4) is 0 Å². The molecule has 0 fully saturated rings. The van der Waals surface area contributed by atoms with Gasteiger partial charge in [-0.2, -0.15) is 18.4 Å². The van der Waals surface area contributed by atoms with Crippen LogP contribution < -0.4 is 0 Å². The summed E-state index contributed by atoms with van der Waals surface area (Å²) in [4.78, 5) is 0. The van der Waals surface area contributed by atoms with Crippen molar-refractivity contribution in [1.29, 1.82) is 5.26 Å². The second kappa shape index (κ2) is 3.90. The van der Waals surface area contributed by atoms with Gasteiger partial charge in [0.1, 0.15) is 6.07 Å². The quantitative estimate of drug-likeness (QED) is 0.764. The fourth-order valence-corrected chi connectivity index (χ4v) is 1.36. The molecule has 0 saturated heterocycles. The van der Waals surface area contributed by atoms with Crippen LogP contribution in [0.25, 0.3) is 5.69 Å². The zero-order valence-corrected chi connectivity index (χ0v) is 8.31. The van der Waals surface area contributed by atoms with Gasteiger partial charge < -0.3 is 0 Å². The van der Waals surface area contributed by atoms with E-state index in [0.717, 1.165) is 0 Å². The monoisotopic (exact) mass is 238 g/mol. The van der Waals surface area contributed by atoms with Crippen LogP contribution in [0.1, 0.15) is 11.4 Å². The molecule has 0 spiro atoms. The molecule has 4 nitrogen and oxygen atoms in total. The zero-order chi connectivity index (χ0) is 12.5. The van der Waals surface area contributed by atoms with Crippen LogP contribution >= 0.6 is 0 Å². The molecule has 1 heterocycles. The van der Waals surface area contributed by atoms with Crippen LogP contribution in [0, 0.1) is 11.3 Å². The number of alkyl halides is 3. The van der Waals surface area contributed by atoms with Crippen molar-refractivity contribution in [3.63, 3.8) is 0 Å². The lowest BCUT2D eigenvalue weighted by Crippen LogP contribution is -2.14. The van der Waals surface area contributed by atoms with E-state index in [1.165, 1.54) is 18.2 Å². The van der Waals surface area contributed by atoms with E-state index in [0.29, 0.717) is 4.68 Å². The second-order valence-electron chi connectivity index (χ2n) is 3.14. The molecule has 7 heteroatoms. The van der Waals surface area contributed by atoms with Crippen molar-refractivity contribution < 1.29 is 13.2 Å². The lowest BCUT2D eigenvalue weighted by atomic mass is 10.3. The molecule has 1 aromatic heterocycles. The average molecular weight is 238 g/mol. The first-order valence-corrected chi connectivity index (χ1v) is 4.52. The Balaban J connectivity index is 2.65. The number of para-hydroxylation sites is 1. The Bertz CT molecular complexity index is 565. The van der Waals surface area contributed by atoms with Crippen molar-refractivity contribution in [3.05, 3.63) is 41.7 Å². The molecule has 2 rings (SSSR count). The molecule has 0 saturated carbocycles. The van der Waals surface area contributed by atoms with Crippen molar-refractivity contribution in [1.82, 2.24) is 15.0 Å². The maximum atomic E-state index is 12.8. The van der Waals surface area contributed by atoms with Crippen LogP contribution in [0.5, 0.6) is 0 Å². The average Bonchev–Trinajstić information content (AvgIpc) is 2.73. The van der Waals surface area contributed by atoms with E-state index in [2.05, 4.69) is 10.3 Å². The van der Waals surface area contributed by atoms with Gasteiger partial charge in [-0.05, 0) is 12.1 Å². The molecule has 0 radical (unpaired) electrons. The smallest absolute Gasteiger partial charge is 0.207 e. The molecule has 0 aliphatic rings. The first kappa shape index (κ1) is 11.1. The van der Waals surface area contributed by atoms with Crippen LogP contribution in [-0.4, -0.2) is 15.0 Å². The van der Waals surface area contributed by atoms with Gasteiger partial charge >= 0.3 is 6.18 Å². The van der Waals surface area contributed by atoms with Gasteiger partial charge in [0.25, 0.3) is 0 Å². The Morgan fingerprint density at radius 2 is 1.82 bits per heavy atom. The topological polar surface area (TPSA) is 54.5 Å². The van der Waals surface area contributed by atoms with E-state index in [1.807, 2.05) is 0 Å². The number of hydrogen-bond donors (Lipinski definition) is 0. The van der Waals surface area contributed by atoms with E-state index < -0.39 is 17.6 Å². The number of aromatic nitrogens is 3. The summed E-state index contributed by atoms with van der Waals surface area (Å²) in [5.74, 6) is 0. The Labute approximate surface area is 93.9 Å². The molecule has 0 unspecified atom stereocenters. The SMILES string of the molecule is N#Cc1nnn(-c2ccccc2)c1C(F)(F)F. The standard InChI is InChI=1S/C10H5F3N4/c11-10(12,13)9-8(6-14)15-16-17(9)7-4-2-1-3-5-7/h1-5H. The third-order valence-corrected chi connectivity index (χ3v) is 2.05. The van der Waals surface area contributed by atoms with E-state index in [1.54, 1.807) is 18.2 Å². The Kier molecular flexibility index (Phi) is 2.55. The number of nitrogens with zero attached hydrogens (tertiary/aromatic N) is 4. The first-order valence-electron chi connectivity index (χ1n) is 4.52. The van der Waals surface area contributed by atoms with Crippen molar-refractivity contribution in [2.24, 2.45) is 0 Å². The van der Waals surface area contributed by atoms with Gasteiger partial charge in [0, 0.05) is 0 Å². The van der Waals surface area contributed by atoms with E-state index in [4.69, 9.17) is 5.26 Å². The number of rotatable bonds is 1. The van der Waals surface area contributed by atoms with Crippen LogP contribution in [0.4, 0.5) is 13.2 Å². The molecule has 0 aliphatic carbocycles. The lowest BCUT2D eigenvalue weighted by molar-refractivity contribution is -0.143. The van der Waals surface area contributed by atoms with Crippen molar-refractivity contribution in [2.75, 3.05) is 0 Å². The normalized spacial score (nSPS) is 11.2. The summed E-state index contributed by atoms with van der Waals surface area (Å²) in [5.41, 5.74) is -1.69. The highest BCUT2D eigenvalue weighted by Gasteiger charge is 2.40. The number of halogens is 3. The minimum Gasteiger partial charge on any atom is -0.207 e. The van der Waals surface area contributed by atoms with Gasteiger partial charge in [-0.25, -0.2) is 4.68 Å². The Hall–Kier alpha value is -2.36. The summed E-state index contributed by atoms with van der Waals surface area (Å²) in [6.45, 7) is 0.